The number of carbonyl (C=O) groups is 2. The number of rotatable bonds is 8. The maximum atomic E-state index is 13.1. The number of aliphatic hydroxyl groups is 1. The first-order valence-electron chi connectivity index (χ1n) is 10.9. The maximum absolute atomic E-state index is 13.1. The lowest BCUT2D eigenvalue weighted by molar-refractivity contribution is -0.119. The molecule has 0 saturated heterocycles. The van der Waals surface area contributed by atoms with Crippen molar-refractivity contribution in [3.63, 3.8) is 0 Å². The van der Waals surface area contributed by atoms with Gasteiger partial charge in [-0.05, 0) is 42.0 Å². The van der Waals surface area contributed by atoms with Gasteiger partial charge in [0.05, 0.1) is 6.20 Å². The van der Waals surface area contributed by atoms with Crippen LogP contribution in [0.2, 0.25) is 5.02 Å². The summed E-state index contributed by atoms with van der Waals surface area (Å²) in [6.45, 7) is -0.421. The average molecular weight is 523 g/mol. The van der Waals surface area contributed by atoms with E-state index < -0.39 is 30.0 Å². The smallest absolute Gasteiger partial charge is 0.316 e. The van der Waals surface area contributed by atoms with Gasteiger partial charge in [0.25, 0.3) is 5.56 Å². The highest BCUT2D eigenvalue weighted by Gasteiger charge is 2.24. The van der Waals surface area contributed by atoms with Crippen LogP contribution in [-0.2, 0) is 4.79 Å². The molecule has 0 aliphatic heterocycles. The van der Waals surface area contributed by atoms with Gasteiger partial charge in [-0.15, -0.1) is 4.91 Å². The van der Waals surface area contributed by atoms with Crippen LogP contribution in [0.4, 0.5) is 5.69 Å². The number of oxazole rings is 1. The van der Waals surface area contributed by atoms with E-state index >= 15 is 0 Å². The number of halogens is 1. The Morgan fingerprint density at radius 1 is 1.11 bits per heavy atom. The van der Waals surface area contributed by atoms with Gasteiger partial charge in [0.1, 0.15) is 23.7 Å². The molecule has 0 aliphatic rings. The summed E-state index contributed by atoms with van der Waals surface area (Å²) in [7, 11) is 0. The highest BCUT2D eigenvalue weighted by Crippen LogP contribution is 2.37. The van der Waals surface area contributed by atoms with Crippen molar-refractivity contribution >= 4 is 29.1 Å². The van der Waals surface area contributed by atoms with Crippen LogP contribution in [0, 0.1) is 4.91 Å². The summed E-state index contributed by atoms with van der Waals surface area (Å²) in [5.41, 5.74) is 1.31. The molecule has 1 atom stereocenters. The number of aliphatic hydroxyl groups excluding tert-OH is 1. The lowest BCUT2D eigenvalue weighted by atomic mass is 9.98. The number of carbonyl (C=O) groups excluding carboxylic acids is 2. The molecule has 11 nitrogen and oxygen atoms in total. The number of aromatic nitrogens is 2. The van der Waals surface area contributed by atoms with E-state index in [2.05, 4.69) is 15.5 Å². The molecule has 1 unspecified atom stereocenters. The predicted octanol–water partition coefficient (Wildman–Crippen LogP) is 4.00. The number of aromatic hydroxyl groups is 1. The van der Waals surface area contributed by atoms with Crippen LogP contribution >= 0.6 is 11.6 Å². The van der Waals surface area contributed by atoms with E-state index in [1.165, 1.54) is 36.9 Å². The van der Waals surface area contributed by atoms with Crippen LogP contribution in [-0.4, -0.2) is 38.2 Å². The lowest BCUT2D eigenvalue weighted by Gasteiger charge is -2.20. The van der Waals surface area contributed by atoms with Gasteiger partial charge in [-0.2, -0.15) is 0 Å². The summed E-state index contributed by atoms with van der Waals surface area (Å²) in [5.74, 6) is -1.92. The van der Waals surface area contributed by atoms with Crippen LogP contribution in [0.15, 0.2) is 81.8 Å². The molecule has 2 heterocycles. The van der Waals surface area contributed by atoms with E-state index in [9.17, 15) is 29.5 Å². The molecule has 2 aromatic carbocycles. The average Bonchev–Trinajstić information content (AvgIpc) is 3.43. The van der Waals surface area contributed by atoms with Gasteiger partial charge in [0, 0.05) is 51.7 Å². The summed E-state index contributed by atoms with van der Waals surface area (Å²) < 4.78 is 6.06. The SMILES string of the molecule is O=NC(=O)c1ccc(NC(=O)C(CCO)n2cc(O)c(-c3cc(Cl)ccc3-c3cocn3)cc2=O)cc1. The van der Waals surface area contributed by atoms with Crippen molar-refractivity contribution in [2.45, 2.75) is 12.5 Å². The monoisotopic (exact) mass is 522 g/mol. The van der Waals surface area contributed by atoms with Gasteiger partial charge in [-0.3, -0.25) is 19.0 Å². The molecule has 3 N–H and O–H groups in total. The molecule has 0 bridgehead atoms. The van der Waals surface area contributed by atoms with E-state index in [0.717, 1.165) is 16.8 Å². The van der Waals surface area contributed by atoms with Crippen molar-refractivity contribution in [3.8, 4) is 28.1 Å². The van der Waals surface area contributed by atoms with Gasteiger partial charge in [-0.25, -0.2) is 4.98 Å². The van der Waals surface area contributed by atoms with Gasteiger partial charge in [-0.1, -0.05) is 17.7 Å². The van der Waals surface area contributed by atoms with Crippen molar-refractivity contribution in [1.82, 2.24) is 9.55 Å². The van der Waals surface area contributed by atoms with Crippen molar-refractivity contribution in [2.24, 2.45) is 5.18 Å². The minimum Gasteiger partial charge on any atom is -0.506 e. The number of anilines is 1. The zero-order valence-electron chi connectivity index (χ0n) is 19.0. The fraction of sp³-hybridized carbons (Fsp3) is 0.120. The first-order valence-corrected chi connectivity index (χ1v) is 11.2. The van der Waals surface area contributed by atoms with Crippen LogP contribution in [0.3, 0.4) is 0 Å². The van der Waals surface area contributed by atoms with Gasteiger partial charge < -0.3 is 19.9 Å². The lowest BCUT2D eigenvalue weighted by Crippen LogP contribution is -2.33. The number of nitrogens with one attached hydrogen (secondary N) is 1. The van der Waals surface area contributed by atoms with Crippen LogP contribution in [0.1, 0.15) is 22.8 Å². The Morgan fingerprint density at radius 2 is 1.86 bits per heavy atom. The second-order valence-electron chi connectivity index (χ2n) is 7.87. The number of nitroso groups, excluding NO2 is 1. The van der Waals surface area contributed by atoms with Gasteiger partial charge in [0.15, 0.2) is 6.39 Å². The quantitative estimate of drug-likeness (QED) is 0.292. The third-order valence-electron chi connectivity index (χ3n) is 5.56. The number of pyridine rings is 1. The predicted molar refractivity (Wildman–Crippen MR) is 134 cm³/mol. The molecule has 4 rings (SSSR count). The molecule has 0 aliphatic carbocycles. The number of nitrogens with zero attached hydrogens (tertiary/aromatic N) is 3. The fourth-order valence-electron chi connectivity index (χ4n) is 3.80. The Kier molecular flexibility index (Phi) is 7.56. The second-order valence-corrected chi connectivity index (χ2v) is 8.31. The summed E-state index contributed by atoms with van der Waals surface area (Å²) >= 11 is 6.17. The van der Waals surface area contributed by atoms with Crippen molar-refractivity contribution < 1.29 is 24.2 Å². The maximum Gasteiger partial charge on any atom is 0.316 e. The van der Waals surface area contributed by atoms with E-state index in [0.29, 0.717) is 21.8 Å². The van der Waals surface area contributed by atoms with Crippen molar-refractivity contribution in [3.05, 3.63) is 93.2 Å². The first kappa shape index (κ1) is 25.5. The normalized spacial score (nSPS) is 11.6. The first-order chi connectivity index (χ1) is 17.8. The number of benzene rings is 2. The second kappa shape index (κ2) is 11.0. The minimum atomic E-state index is -1.18. The Balaban J connectivity index is 1.68. The highest BCUT2D eigenvalue weighted by molar-refractivity contribution is 6.31. The fourth-order valence-corrected chi connectivity index (χ4v) is 3.97. The summed E-state index contributed by atoms with van der Waals surface area (Å²) in [4.78, 5) is 52.0. The molecule has 0 spiro atoms. The van der Waals surface area contributed by atoms with E-state index in [1.807, 2.05) is 0 Å². The third-order valence-corrected chi connectivity index (χ3v) is 5.80. The van der Waals surface area contributed by atoms with Gasteiger partial charge >= 0.3 is 5.91 Å². The number of amides is 2. The molecule has 2 aromatic heterocycles. The molecular formula is C25H19ClN4O7. The van der Waals surface area contributed by atoms with Crippen LogP contribution in [0.5, 0.6) is 5.75 Å². The highest BCUT2D eigenvalue weighted by atomic mass is 35.5. The molecule has 188 valence electrons. The Hall–Kier alpha value is -4.61. The van der Waals surface area contributed by atoms with Crippen molar-refractivity contribution in [1.29, 1.82) is 0 Å². The van der Waals surface area contributed by atoms with Crippen LogP contribution < -0.4 is 10.9 Å². The van der Waals surface area contributed by atoms with Crippen molar-refractivity contribution in [2.75, 3.05) is 11.9 Å². The number of hydrogen-bond donors (Lipinski definition) is 3. The molecule has 4 aromatic rings. The number of hydrogen-bond acceptors (Lipinski definition) is 8. The Labute approximate surface area is 213 Å². The van der Waals surface area contributed by atoms with Crippen LogP contribution in [0.25, 0.3) is 22.4 Å². The topological polar surface area (TPSA) is 164 Å². The standard InChI is InChI=1S/C25H19ClN4O7/c26-15-3-6-17(20-12-37-13-27-20)18(9-15)19-10-23(33)30(11-22(19)32)21(7-8-31)25(35)28-16-4-1-14(2-5-16)24(34)29-36/h1-6,9-13,21,31-32H,7-8H2,(H,28,35). The molecule has 0 fully saturated rings. The van der Waals surface area contributed by atoms with E-state index in [1.54, 1.807) is 18.2 Å². The third kappa shape index (κ3) is 5.47. The molecule has 12 heteroatoms. The molecule has 0 radical (unpaired) electrons. The molecular weight excluding hydrogens is 504 g/mol. The zero-order chi connectivity index (χ0) is 26.5. The summed E-state index contributed by atoms with van der Waals surface area (Å²) in [6, 6.07) is 10.3. The largest absolute Gasteiger partial charge is 0.506 e. The Bertz CT molecular complexity index is 1520. The summed E-state index contributed by atoms with van der Waals surface area (Å²) in [5, 5.41) is 25.7. The van der Waals surface area contributed by atoms with E-state index in [4.69, 9.17) is 16.0 Å². The molecule has 2 amide bonds. The minimum absolute atomic E-state index is 0.0441. The molecule has 37 heavy (non-hydrogen) atoms. The van der Waals surface area contributed by atoms with E-state index in [-0.39, 0.29) is 29.0 Å². The molecule has 0 saturated carbocycles. The Morgan fingerprint density at radius 3 is 2.51 bits per heavy atom. The zero-order valence-corrected chi connectivity index (χ0v) is 19.8. The van der Waals surface area contributed by atoms with Gasteiger partial charge in [0.2, 0.25) is 5.91 Å². The summed E-state index contributed by atoms with van der Waals surface area (Å²) in [6.07, 6.45) is 3.64.